The van der Waals surface area contributed by atoms with Crippen LogP contribution in [0.1, 0.15) is 31.2 Å². The van der Waals surface area contributed by atoms with Crippen LogP contribution in [0.5, 0.6) is 5.75 Å². The van der Waals surface area contributed by atoms with Gasteiger partial charge in [0.2, 0.25) is 5.91 Å². The van der Waals surface area contributed by atoms with Crippen LogP contribution in [0, 0.1) is 5.92 Å². The van der Waals surface area contributed by atoms with Gasteiger partial charge in [-0.2, -0.15) is 0 Å². The number of benzene rings is 2. The van der Waals surface area contributed by atoms with Crippen molar-refractivity contribution in [2.45, 2.75) is 32.1 Å². The highest BCUT2D eigenvalue weighted by atomic mass is 16.5. The third-order valence-corrected chi connectivity index (χ3v) is 5.35. The lowest BCUT2D eigenvalue weighted by atomic mass is 10.1. The fourth-order valence-electron chi connectivity index (χ4n) is 3.94. The van der Waals surface area contributed by atoms with E-state index in [9.17, 15) is 9.59 Å². The fraction of sp³-hybridized carbons (Fsp3) is 0.364. The van der Waals surface area contributed by atoms with E-state index in [0.717, 1.165) is 44.3 Å². The molecular weight excluding hydrogens is 340 g/mol. The highest BCUT2D eigenvalue weighted by Gasteiger charge is 2.31. The number of carbonyl (C=O) groups is 2. The molecule has 27 heavy (non-hydrogen) atoms. The first-order valence-electron chi connectivity index (χ1n) is 9.63. The van der Waals surface area contributed by atoms with E-state index >= 15 is 0 Å². The molecule has 2 aliphatic rings. The summed E-state index contributed by atoms with van der Waals surface area (Å²) < 4.78 is 5.48. The molecule has 0 radical (unpaired) electrons. The lowest BCUT2D eigenvalue weighted by Gasteiger charge is -2.21. The van der Waals surface area contributed by atoms with Gasteiger partial charge in [0.05, 0.1) is 0 Å². The Hall–Kier alpha value is -2.82. The molecule has 0 saturated heterocycles. The van der Waals surface area contributed by atoms with Crippen LogP contribution in [0.15, 0.2) is 48.5 Å². The van der Waals surface area contributed by atoms with Crippen molar-refractivity contribution in [2.75, 3.05) is 23.4 Å². The molecule has 0 unspecified atom stereocenters. The lowest BCUT2D eigenvalue weighted by molar-refractivity contribution is -0.122. The van der Waals surface area contributed by atoms with Crippen LogP contribution < -0.4 is 15.0 Å². The summed E-state index contributed by atoms with van der Waals surface area (Å²) >= 11 is 0. The molecule has 5 nitrogen and oxygen atoms in total. The Balaban J connectivity index is 1.40. The second-order valence-corrected chi connectivity index (χ2v) is 7.21. The van der Waals surface area contributed by atoms with Gasteiger partial charge in [0, 0.05) is 23.8 Å². The monoisotopic (exact) mass is 364 g/mol. The largest absolute Gasteiger partial charge is 0.484 e. The zero-order valence-corrected chi connectivity index (χ0v) is 15.3. The van der Waals surface area contributed by atoms with Crippen LogP contribution in [0.4, 0.5) is 11.4 Å². The van der Waals surface area contributed by atoms with Crippen LogP contribution in [0.25, 0.3) is 0 Å². The first-order valence-corrected chi connectivity index (χ1v) is 9.63. The molecule has 1 aliphatic heterocycles. The van der Waals surface area contributed by atoms with Gasteiger partial charge >= 0.3 is 0 Å². The van der Waals surface area contributed by atoms with Gasteiger partial charge in [-0.05, 0) is 49.1 Å². The number of hydrogen-bond acceptors (Lipinski definition) is 3. The summed E-state index contributed by atoms with van der Waals surface area (Å²) in [5.74, 6) is 0.844. The van der Waals surface area contributed by atoms with Crippen molar-refractivity contribution in [3.63, 3.8) is 0 Å². The van der Waals surface area contributed by atoms with Crippen molar-refractivity contribution in [2.24, 2.45) is 5.92 Å². The van der Waals surface area contributed by atoms with Gasteiger partial charge in [-0.25, -0.2) is 0 Å². The Kier molecular flexibility index (Phi) is 5.10. The highest BCUT2D eigenvalue weighted by Crippen LogP contribution is 2.35. The smallest absolute Gasteiger partial charge is 0.262 e. The van der Waals surface area contributed by atoms with E-state index in [1.165, 1.54) is 5.56 Å². The third kappa shape index (κ3) is 3.97. The molecule has 5 heteroatoms. The van der Waals surface area contributed by atoms with Crippen molar-refractivity contribution in [3.8, 4) is 5.75 Å². The summed E-state index contributed by atoms with van der Waals surface area (Å²) in [5, 5.41) is 2.87. The van der Waals surface area contributed by atoms with E-state index in [0.29, 0.717) is 11.4 Å². The molecule has 1 N–H and O–H groups in total. The molecule has 1 heterocycles. The van der Waals surface area contributed by atoms with Gasteiger partial charge in [-0.3, -0.25) is 9.59 Å². The van der Waals surface area contributed by atoms with E-state index < -0.39 is 0 Å². The number of hydrogen-bond donors (Lipinski definition) is 1. The normalized spacial score (nSPS) is 16.2. The quantitative estimate of drug-likeness (QED) is 0.878. The molecule has 1 saturated carbocycles. The minimum Gasteiger partial charge on any atom is -0.484 e. The van der Waals surface area contributed by atoms with Gasteiger partial charge in [0.15, 0.2) is 6.61 Å². The van der Waals surface area contributed by atoms with Gasteiger partial charge in [-0.15, -0.1) is 0 Å². The summed E-state index contributed by atoms with van der Waals surface area (Å²) in [7, 11) is 0. The minimum atomic E-state index is -0.217. The molecule has 0 aromatic heterocycles. The SMILES string of the molecule is O=C(COc1ccccc1)Nc1ccc2c(c1)N(C(=O)C1CCCC1)CC2. The molecule has 4 rings (SSSR count). The van der Waals surface area contributed by atoms with Gasteiger partial charge in [0.25, 0.3) is 5.91 Å². The Morgan fingerprint density at radius 2 is 1.85 bits per heavy atom. The summed E-state index contributed by atoms with van der Waals surface area (Å²) in [6.07, 6.45) is 5.16. The predicted octanol–water partition coefficient (Wildman–Crippen LogP) is 3.78. The highest BCUT2D eigenvalue weighted by molar-refractivity contribution is 5.99. The van der Waals surface area contributed by atoms with Gasteiger partial charge in [0.1, 0.15) is 5.75 Å². The Morgan fingerprint density at radius 1 is 1.07 bits per heavy atom. The molecule has 0 bridgehead atoms. The maximum atomic E-state index is 12.8. The third-order valence-electron chi connectivity index (χ3n) is 5.35. The minimum absolute atomic E-state index is 0.0498. The molecule has 1 aliphatic carbocycles. The second kappa shape index (κ2) is 7.82. The average Bonchev–Trinajstić information content (AvgIpc) is 3.36. The first-order chi connectivity index (χ1) is 13.2. The number of para-hydroxylation sites is 1. The number of ether oxygens (including phenoxy) is 1. The summed E-state index contributed by atoms with van der Waals surface area (Å²) in [4.78, 5) is 26.9. The number of rotatable bonds is 5. The topological polar surface area (TPSA) is 58.6 Å². The Labute approximate surface area is 159 Å². The van der Waals surface area contributed by atoms with Crippen molar-refractivity contribution in [1.29, 1.82) is 0 Å². The Bertz CT molecular complexity index is 829. The number of carbonyl (C=O) groups excluding carboxylic acids is 2. The zero-order valence-electron chi connectivity index (χ0n) is 15.3. The van der Waals surface area contributed by atoms with Crippen molar-refractivity contribution in [1.82, 2.24) is 0 Å². The van der Waals surface area contributed by atoms with Gasteiger partial charge in [-0.1, -0.05) is 37.1 Å². The van der Waals surface area contributed by atoms with Gasteiger partial charge < -0.3 is 15.0 Å². The number of nitrogens with one attached hydrogen (secondary N) is 1. The van der Waals surface area contributed by atoms with E-state index in [-0.39, 0.29) is 24.3 Å². The predicted molar refractivity (Wildman–Crippen MR) is 105 cm³/mol. The summed E-state index contributed by atoms with van der Waals surface area (Å²) in [6.45, 7) is 0.686. The van der Waals surface area contributed by atoms with Crippen molar-refractivity contribution >= 4 is 23.2 Å². The molecule has 1 fully saturated rings. The molecule has 2 aromatic carbocycles. The van der Waals surface area contributed by atoms with Crippen LogP contribution in [0.2, 0.25) is 0 Å². The number of amides is 2. The second-order valence-electron chi connectivity index (χ2n) is 7.21. The number of fused-ring (bicyclic) bond motifs is 1. The van der Waals surface area contributed by atoms with E-state index in [1.54, 1.807) is 0 Å². The fourth-order valence-corrected chi connectivity index (χ4v) is 3.94. The maximum Gasteiger partial charge on any atom is 0.262 e. The van der Waals surface area contributed by atoms with Crippen LogP contribution >= 0.6 is 0 Å². The maximum absolute atomic E-state index is 12.8. The standard InChI is InChI=1S/C22H24N2O3/c25-21(15-27-19-8-2-1-3-9-19)23-18-11-10-16-12-13-24(20(16)14-18)22(26)17-6-4-5-7-17/h1-3,8-11,14,17H,4-7,12-13,15H2,(H,23,25). The molecular formula is C22H24N2O3. The molecule has 0 atom stereocenters. The molecule has 2 aromatic rings. The molecule has 2 amide bonds. The lowest BCUT2D eigenvalue weighted by Crippen LogP contribution is -2.33. The number of nitrogens with zero attached hydrogens (tertiary/aromatic N) is 1. The van der Waals surface area contributed by atoms with Crippen LogP contribution in [-0.4, -0.2) is 25.0 Å². The summed E-state index contributed by atoms with van der Waals surface area (Å²) in [5.41, 5.74) is 2.80. The Morgan fingerprint density at radius 3 is 2.63 bits per heavy atom. The molecule has 140 valence electrons. The van der Waals surface area contributed by atoms with Crippen molar-refractivity contribution < 1.29 is 14.3 Å². The first kappa shape index (κ1) is 17.6. The van der Waals surface area contributed by atoms with Crippen LogP contribution in [-0.2, 0) is 16.0 Å². The number of anilines is 2. The molecule has 0 spiro atoms. The zero-order chi connectivity index (χ0) is 18.6. The van der Waals surface area contributed by atoms with E-state index in [4.69, 9.17) is 4.74 Å². The van der Waals surface area contributed by atoms with Crippen molar-refractivity contribution in [3.05, 3.63) is 54.1 Å². The average molecular weight is 364 g/mol. The van der Waals surface area contributed by atoms with Crippen LogP contribution in [0.3, 0.4) is 0 Å². The van der Waals surface area contributed by atoms with E-state index in [1.807, 2.05) is 53.4 Å². The summed E-state index contributed by atoms with van der Waals surface area (Å²) in [6, 6.07) is 15.1. The van der Waals surface area contributed by atoms with E-state index in [2.05, 4.69) is 5.32 Å².